The van der Waals surface area contributed by atoms with E-state index in [0.717, 1.165) is 22.7 Å². The van der Waals surface area contributed by atoms with Gasteiger partial charge in [0.25, 0.3) is 5.91 Å². The predicted molar refractivity (Wildman–Crippen MR) is 84.8 cm³/mol. The first-order valence-electron chi connectivity index (χ1n) is 7.23. The zero-order valence-corrected chi connectivity index (χ0v) is 13.5. The summed E-state index contributed by atoms with van der Waals surface area (Å²) in [5, 5.41) is 9.71. The lowest BCUT2D eigenvalue weighted by molar-refractivity contribution is -0.138. The van der Waals surface area contributed by atoms with Crippen LogP contribution in [0.4, 0.5) is 0 Å². The Bertz CT molecular complexity index is 716. The predicted octanol–water partition coefficient (Wildman–Crippen LogP) is 3.52. The van der Waals surface area contributed by atoms with Crippen LogP contribution >= 0.6 is 15.9 Å². The number of carboxylic acid groups (broad SMARTS) is 1. The number of carboxylic acids is 1. The van der Waals surface area contributed by atoms with Crippen LogP contribution in [0, 0.1) is 5.92 Å². The lowest BCUT2D eigenvalue weighted by atomic mass is 9.93. The van der Waals surface area contributed by atoms with Crippen molar-refractivity contribution in [2.24, 2.45) is 5.92 Å². The summed E-state index contributed by atoms with van der Waals surface area (Å²) >= 11 is 3.40. The van der Waals surface area contributed by atoms with E-state index in [4.69, 9.17) is 9.52 Å². The highest BCUT2D eigenvalue weighted by atomic mass is 79.9. The van der Waals surface area contributed by atoms with E-state index in [1.807, 2.05) is 18.2 Å². The molecule has 6 heteroatoms. The molecular weight excluding hydrogens is 350 g/mol. The zero-order valence-electron chi connectivity index (χ0n) is 11.9. The van der Waals surface area contributed by atoms with Crippen LogP contribution in [-0.4, -0.2) is 35.0 Å². The monoisotopic (exact) mass is 365 g/mol. The zero-order chi connectivity index (χ0) is 15.7. The molecule has 0 atom stereocenters. The van der Waals surface area contributed by atoms with E-state index in [1.165, 1.54) is 0 Å². The first-order chi connectivity index (χ1) is 10.5. The Kier molecular flexibility index (Phi) is 4.20. The van der Waals surface area contributed by atoms with Crippen LogP contribution in [0.15, 0.2) is 33.2 Å². The largest absolute Gasteiger partial charge is 0.481 e. The first kappa shape index (κ1) is 15.1. The fourth-order valence-corrected chi connectivity index (χ4v) is 3.24. The van der Waals surface area contributed by atoms with E-state index < -0.39 is 5.97 Å². The summed E-state index contributed by atoms with van der Waals surface area (Å²) in [6.07, 6.45) is 1.63. The third-order valence-corrected chi connectivity index (χ3v) is 4.55. The van der Waals surface area contributed by atoms with E-state index in [-0.39, 0.29) is 18.2 Å². The Balaban J connectivity index is 1.69. The van der Waals surface area contributed by atoms with Crippen LogP contribution < -0.4 is 0 Å². The van der Waals surface area contributed by atoms with Crippen LogP contribution in [0.25, 0.3) is 11.0 Å². The minimum Gasteiger partial charge on any atom is -0.481 e. The third kappa shape index (κ3) is 3.16. The average molecular weight is 366 g/mol. The summed E-state index contributed by atoms with van der Waals surface area (Å²) in [5.41, 5.74) is 0.687. The molecule has 1 aliphatic rings. The maximum atomic E-state index is 12.5. The lowest BCUT2D eigenvalue weighted by Gasteiger charge is -2.30. The molecule has 116 valence electrons. The van der Waals surface area contributed by atoms with Crippen LogP contribution in [0.5, 0.6) is 0 Å². The summed E-state index contributed by atoms with van der Waals surface area (Å²) in [6, 6.07) is 7.37. The highest BCUT2D eigenvalue weighted by molar-refractivity contribution is 9.10. The number of likely N-dealkylation sites (tertiary alicyclic amines) is 1. The molecule has 1 aromatic carbocycles. The Morgan fingerprint density at radius 3 is 2.68 bits per heavy atom. The summed E-state index contributed by atoms with van der Waals surface area (Å²) < 4.78 is 6.56. The molecule has 2 aromatic rings. The summed E-state index contributed by atoms with van der Waals surface area (Å²) in [6.45, 7) is 1.16. The standard InChI is InChI=1S/C16H16BrNO4/c17-12-1-2-13-11(8-12)9-14(22-13)16(21)18-5-3-10(4-6-18)7-15(19)20/h1-2,8-10H,3-7H2,(H,19,20). The number of hydrogen-bond acceptors (Lipinski definition) is 3. The number of furan rings is 1. The van der Waals surface area contributed by atoms with Crippen molar-refractivity contribution < 1.29 is 19.1 Å². The van der Waals surface area contributed by atoms with Gasteiger partial charge in [-0.05, 0) is 43.0 Å². The second-order valence-corrected chi connectivity index (χ2v) is 6.54. The molecule has 0 aliphatic carbocycles. The number of fused-ring (bicyclic) bond motifs is 1. The van der Waals surface area contributed by atoms with Gasteiger partial charge in [0, 0.05) is 29.4 Å². The van der Waals surface area contributed by atoms with Gasteiger partial charge in [-0.25, -0.2) is 0 Å². The molecule has 1 aromatic heterocycles. The van der Waals surface area contributed by atoms with E-state index in [1.54, 1.807) is 11.0 Å². The normalized spacial score (nSPS) is 16.1. The molecule has 0 bridgehead atoms. The van der Waals surface area contributed by atoms with Crippen molar-refractivity contribution in [3.8, 4) is 0 Å². The first-order valence-corrected chi connectivity index (χ1v) is 8.02. The van der Waals surface area contributed by atoms with Gasteiger partial charge in [-0.15, -0.1) is 0 Å². The lowest BCUT2D eigenvalue weighted by Crippen LogP contribution is -2.38. The quantitative estimate of drug-likeness (QED) is 0.902. The van der Waals surface area contributed by atoms with Crippen molar-refractivity contribution in [3.63, 3.8) is 0 Å². The molecule has 0 spiro atoms. The SMILES string of the molecule is O=C(O)CC1CCN(C(=O)c2cc3cc(Br)ccc3o2)CC1. The number of carbonyl (C=O) groups excluding carboxylic acids is 1. The maximum absolute atomic E-state index is 12.5. The Morgan fingerprint density at radius 2 is 2.00 bits per heavy atom. The summed E-state index contributed by atoms with van der Waals surface area (Å²) in [7, 11) is 0. The topological polar surface area (TPSA) is 70.8 Å². The Morgan fingerprint density at radius 1 is 1.27 bits per heavy atom. The van der Waals surface area contributed by atoms with Crippen molar-refractivity contribution in [1.29, 1.82) is 0 Å². The number of carbonyl (C=O) groups is 2. The van der Waals surface area contributed by atoms with Gasteiger partial charge >= 0.3 is 5.97 Å². The smallest absolute Gasteiger partial charge is 0.303 e. The van der Waals surface area contributed by atoms with Crippen LogP contribution in [0.2, 0.25) is 0 Å². The molecule has 5 nitrogen and oxygen atoms in total. The molecule has 0 saturated carbocycles. The fourth-order valence-electron chi connectivity index (χ4n) is 2.86. The molecule has 1 fully saturated rings. The van der Waals surface area contributed by atoms with Crippen LogP contribution in [0.1, 0.15) is 29.8 Å². The molecule has 1 amide bonds. The van der Waals surface area contributed by atoms with Gasteiger partial charge in [-0.3, -0.25) is 9.59 Å². The number of aliphatic carboxylic acids is 1. The van der Waals surface area contributed by atoms with Crippen molar-refractivity contribution >= 4 is 38.8 Å². The molecule has 0 radical (unpaired) electrons. The number of hydrogen-bond donors (Lipinski definition) is 1. The van der Waals surface area contributed by atoms with Gasteiger partial charge < -0.3 is 14.4 Å². The minimum atomic E-state index is -0.771. The molecule has 2 heterocycles. The second-order valence-electron chi connectivity index (χ2n) is 5.63. The molecule has 1 saturated heterocycles. The number of rotatable bonds is 3. The Hall–Kier alpha value is -1.82. The van der Waals surface area contributed by atoms with Crippen molar-refractivity contribution in [1.82, 2.24) is 4.90 Å². The summed E-state index contributed by atoms with van der Waals surface area (Å²) in [5.74, 6) is -0.397. The van der Waals surface area contributed by atoms with E-state index >= 15 is 0 Å². The van der Waals surface area contributed by atoms with Gasteiger partial charge in [0.15, 0.2) is 5.76 Å². The number of piperidine rings is 1. The van der Waals surface area contributed by atoms with E-state index in [9.17, 15) is 9.59 Å². The van der Waals surface area contributed by atoms with Crippen molar-refractivity contribution in [2.75, 3.05) is 13.1 Å². The van der Waals surface area contributed by atoms with Gasteiger partial charge in [-0.2, -0.15) is 0 Å². The molecule has 3 rings (SSSR count). The molecule has 22 heavy (non-hydrogen) atoms. The molecular formula is C16H16BrNO4. The van der Waals surface area contributed by atoms with Gasteiger partial charge in [0.05, 0.1) is 0 Å². The van der Waals surface area contributed by atoms with Gasteiger partial charge in [-0.1, -0.05) is 15.9 Å². The maximum Gasteiger partial charge on any atom is 0.303 e. The van der Waals surface area contributed by atoms with E-state index in [0.29, 0.717) is 24.4 Å². The van der Waals surface area contributed by atoms with Crippen molar-refractivity contribution in [2.45, 2.75) is 19.3 Å². The highest BCUT2D eigenvalue weighted by Crippen LogP contribution is 2.26. The summed E-state index contributed by atoms with van der Waals surface area (Å²) in [4.78, 5) is 25.0. The molecule has 1 aliphatic heterocycles. The average Bonchev–Trinajstić information content (AvgIpc) is 2.89. The Labute approximate surface area is 136 Å². The fraction of sp³-hybridized carbons (Fsp3) is 0.375. The van der Waals surface area contributed by atoms with Crippen molar-refractivity contribution in [3.05, 3.63) is 34.5 Å². The highest BCUT2D eigenvalue weighted by Gasteiger charge is 2.26. The van der Waals surface area contributed by atoms with E-state index in [2.05, 4.69) is 15.9 Å². The number of halogens is 1. The minimum absolute atomic E-state index is 0.124. The second kappa shape index (κ2) is 6.12. The number of nitrogens with zero attached hydrogens (tertiary/aromatic N) is 1. The van der Waals surface area contributed by atoms with Crippen LogP contribution in [-0.2, 0) is 4.79 Å². The molecule has 1 N–H and O–H groups in total. The number of amides is 1. The van der Waals surface area contributed by atoms with Crippen LogP contribution in [0.3, 0.4) is 0 Å². The molecule has 0 unspecified atom stereocenters. The van der Waals surface area contributed by atoms with Gasteiger partial charge in [0.1, 0.15) is 5.58 Å². The third-order valence-electron chi connectivity index (χ3n) is 4.05. The number of benzene rings is 1. The van der Waals surface area contributed by atoms with Gasteiger partial charge in [0.2, 0.25) is 0 Å².